The van der Waals surface area contributed by atoms with Crippen molar-refractivity contribution >= 4 is 23.6 Å². The topological polar surface area (TPSA) is 96.0 Å². The van der Waals surface area contributed by atoms with Crippen LogP contribution in [0, 0.1) is 5.92 Å². The zero-order valence-electron chi connectivity index (χ0n) is 19.8. The number of imide groups is 2. The van der Waals surface area contributed by atoms with Crippen molar-refractivity contribution in [3.8, 4) is 5.75 Å². The zero-order chi connectivity index (χ0) is 24.5. The second kappa shape index (κ2) is 9.62. The highest BCUT2D eigenvalue weighted by atomic mass is 16.5. The van der Waals surface area contributed by atoms with Crippen molar-refractivity contribution in [1.29, 1.82) is 0 Å². The molecule has 0 bridgehead atoms. The maximum Gasteiger partial charge on any atom is 0.266 e. The average Bonchev–Trinajstić information content (AvgIpc) is 3.11. The number of benzene rings is 2. The molecule has 2 aromatic rings. The molecule has 4 amide bonds. The highest BCUT2D eigenvalue weighted by Gasteiger charge is 2.46. The summed E-state index contributed by atoms with van der Waals surface area (Å²) in [5.74, 6) is -1.02. The summed E-state index contributed by atoms with van der Waals surface area (Å²) in [6, 6.07) is 12.1. The van der Waals surface area contributed by atoms with Crippen LogP contribution in [-0.4, -0.2) is 52.6 Å². The van der Waals surface area contributed by atoms with Gasteiger partial charge in [0, 0.05) is 13.0 Å². The summed E-state index contributed by atoms with van der Waals surface area (Å²) < 4.78 is 5.97. The van der Waals surface area contributed by atoms with Crippen LogP contribution in [0.1, 0.15) is 64.4 Å². The van der Waals surface area contributed by atoms with Crippen molar-refractivity contribution in [2.75, 3.05) is 13.1 Å². The summed E-state index contributed by atoms with van der Waals surface area (Å²) in [7, 11) is 0. The molecule has 1 atom stereocenters. The van der Waals surface area contributed by atoms with Gasteiger partial charge in [-0.1, -0.05) is 37.3 Å². The van der Waals surface area contributed by atoms with Gasteiger partial charge in [0.05, 0.1) is 11.1 Å². The van der Waals surface area contributed by atoms with Crippen molar-refractivity contribution in [3.63, 3.8) is 0 Å². The lowest BCUT2D eigenvalue weighted by Crippen LogP contribution is -2.54. The fraction of sp³-hybridized carbons (Fsp3) is 0.407. The van der Waals surface area contributed by atoms with Gasteiger partial charge in [0.25, 0.3) is 11.8 Å². The molecule has 0 radical (unpaired) electrons. The second-order valence-corrected chi connectivity index (χ2v) is 9.69. The summed E-state index contributed by atoms with van der Waals surface area (Å²) >= 11 is 0. The van der Waals surface area contributed by atoms with Crippen LogP contribution in [0.25, 0.3) is 0 Å². The van der Waals surface area contributed by atoms with E-state index in [-0.39, 0.29) is 30.6 Å². The van der Waals surface area contributed by atoms with Crippen molar-refractivity contribution in [2.45, 2.75) is 51.8 Å². The Morgan fingerprint density at radius 1 is 0.914 bits per heavy atom. The number of carbonyl (C=O) groups is 4. The Balaban J connectivity index is 1.25. The molecule has 3 aliphatic rings. The van der Waals surface area contributed by atoms with E-state index in [9.17, 15) is 19.2 Å². The van der Waals surface area contributed by atoms with Gasteiger partial charge in [-0.3, -0.25) is 34.3 Å². The number of hydrogen-bond donors (Lipinski definition) is 1. The third-order valence-electron chi connectivity index (χ3n) is 7.13. The Morgan fingerprint density at radius 2 is 1.63 bits per heavy atom. The predicted octanol–water partition coefficient (Wildman–Crippen LogP) is 2.90. The molecule has 3 aliphatic heterocycles. The van der Waals surface area contributed by atoms with Crippen LogP contribution in [0.15, 0.2) is 42.5 Å². The third-order valence-corrected chi connectivity index (χ3v) is 7.13. The van der Waals surface area contributed by atoms with E-state index in [2.05, 4.69) is 29.3 Å². The molecule has 1 N–H and O–H groups in total. The van der Waals surface area contributed by atoms with Gasteiger partial charge in [-0.25, -0.2) is 0 Å². The van der Waals surface area contributed by atoms with E-state index in [1.54, 1.807) is 18.2 Å². The molecule has 8 nitrogen and oxygen atoms in total. The van der Waals surface area contributed by atoms with Gasteiger partial charge in [-0.2, -0.15) is 0 Å². The maximum atomic E-state index is 13.2. The van der Waals surface area contributed by atoms with E-state index in [1.165, 1.54) is 18.4 Å². The summed E-state index contributed by atoms with van der Waals surface area (Å²) in [4.78, 5) is 53.3. The highest BCUT2D eigenvalue weighted by molar-refractivity contribution is 6.24. The van der Waals surface area contributed by atoms with Crippen LogP contribution in [0.5, 0.6) is 5.75 Å². The maximum absolute atomic E-state index is 13.2. The minimum atomic E-state index is -0.997. The first-order valence-electron chi connectivity index (χ1n) is 12.2. The third kappa shape index (κ3) is 4.71. The van der Waals surface area contributed by atoms with Crippen LogP contribution < -0.4 is 10.1 Å². The Bertz CT molecular complexity index is 1170. The van der Waals surface area contributed by atoms with Crippen molar-refractivity contribution in [1.82, 2.24) is 15.1 Å². The summed E-state index contributed by atoms with van der Waals surface area (Å²) in [5, 5.41) is 2.21. The number of likely N-dealkylation sites (tertiary alicyclic amines) is 1. The molecule has 1 unspecified atom stereocenters. The molecule has 2 saturated heterocycles. The number of carbonyl (C=O) groups excluding carboxylic acids is 4. The smallest absolute Gasteiger partial charge is 0.266 e. The summed E-state index contributed by atoms with van der Waals surface area (Å²) in [6.45, 7) is 5.76. The molecule has 0 aromatic heterocycles. The standard InChI is InChI=1S/C27H29N3O5/c1-17-11-13-29(14-12-17)15-18-5-7-19(8-6-18)16-35-22-4-2-3-20-24(22)27(34)30(26(20)33)21-9-10-23(31)28-25(21)32/h2-8,17,21H,9-16H2,1H3,(H,28,31,32). The van der Waals surface area contributed by atoms with Crippen molar-refractivity contribution < 1.29 is 23.9 Å². The van der Waals surface area contributed by atoms with Gasteiger partial charge < -0.3 is 4.74 Å². The van der Waals surface area contributed by atoms with E-state index in [1.807, 2.05) is 12.1 Å². The van der Waals surface area contributed by atoms with Gasteiger partial charge in [-0.15, -0.1) is 0 Å². The fourth-order valence-electron chi connectivity index (χ4n) is 4.98. The van der Waals surface area contributed by atoms with E-state index >= 15 is 0 Å². The van der Waals surface area contributed by atoms with Gasteiger partial charge in [0.2, 0.25) is 11.8 Å². The molecule has 0 aliphatic carbocycles. The van der Waals surface area contributed by atoms with Crippen LogP contribution in [0.3, 0.4) is 0 Å². The molecular weight excluding hydrogens is 446 g/mol. The molecule has 0 spiro atoms. The molecule has 35 heavy (non-hydrogen) atoms. The molecule has 8 heteroatoms. The predicted molar refractivity (Wildman–Crippen MR) is 128 cm³/mol. The minimum Gasteiger partial charge on any atom is -0.488 e. The lowest BCUT2D eigenvalue weighted by Gasteiger charge is -2.30. The average molecular weight is 476 g/mol. The molecule has 2 aromatic carbocycles. The van der Waals surface area contributed by atoms with E-state index in [4.69, 9.17) is 4.74 Å². The van der Waals surface area contributed by atoms with E-state index in [0.29, 0.717) is 5.75 Å². The van der Waals surface area contributed by atoms with Gasteiger partial charge in [0.1, 0.15) is 18.4 Å². The number of rotatable bonds is 6. The number of ether oxygens (including phenoxy) is 1. The van der Waals surface area contributed by atoms with Crippen LogP contribution in [0.4, 0.5) is 0 Å². The first-order valence-corrected chi connectivity index (χ1v) is 12.2. The van der Waals surface area contributed by atoms with Crippen molar-refractivity contribution in [2.24, 2.45) is 5.92 Å². The van der Waals surface area contributed by atoms with Gasteiger partial charge in [-0.05, 0) is 61.5 Å². The highest BCUT2D eigenvalue weighted by Crippen LogP contribution is 2.34. The lowest BCUT2D eigenvalue weighted by molar-refractivity contribution is -0.136. The number of piperidine rings is 2. The molecule has 3 heterocycles. The first-order chi connectivity index (χ1) is 16.9. The number of amides is 4. The lowest BCUT2D eigenvalue weighted by atomic mass is 9.99. The van der Waals surface area contributed by atoms with E-state index < -0.39 is 29.7 Å². The second-order valence-electron chi connectivity index (χ2n) is 9.69. The quantitative estimate of drug-likeness (QED) is 0.646. The zero-order valence-corrected chi connectivity index (χ0v) is 19.8. The van der Waals surface area contributed by atoms with Crippen LogP contribution in [0.2, 0.25) is 0 Å². The number of hydrogen-bond acceptors (Lipinski definition) is 6. The molecular formula is C27H29N3O5. The normalized spacial score (nSPS) is 21.3. The monoisotopic (exact) mass is 475 g/mol. The first kappa shape index (κ1) is 23.2. The molecule has 2 fully saturated rings. The number of nitrogens with zero attached hydrogens (tertiary/aromatic N) is 2. The Morgan fingerprint density at radius 3 is 2.34 bits per heavy atom. The van der Waals surface area contributed by atoms with Crippen LogP contribution in [-0.2, 0) is 22.7 Å². The van der Waals surface area contributed by atoms with Gasteiger partial charge >= 0.3 is 0 Å². The number of nitrogens with one attached hydrogen (secondary N) is 1. The minimum absolute atomic E-state index is 0.0834. The molecule has 182 valence electrons. The number of fused-ring (bicyclic) bond motifs is 1. The summed E-state index contributed by atoms with van der Waals surface area (Å²) in [5.41, 5.74) is 2.59. The summed E-state index contributed by atoms with van der Waals surface area (Å²) in [6.07, 6.45) is 2.69. The van der Waals surface area contributed by atoms with Crippen molar-refractivity contribution in [3.05, 3.63) is 64.7 Å². The fourth-order valence-corrected chi connectivity index (χ4v) is 4.98. The molecule has 0 saturated carbocycles. The Kier molecular flexibility index (Phi) is 6.38. The molecule has 5 rings (SSSR count). The largest absolute Gasteiger partial charge is 0.488 e. The SMILES string of the molecule is CC1CCN(Cc2ccc(COc3cccc4c3C(=O)N(C3CCC(=O)NC3=O)C4=O)cc2)CC1. The Hall–Kier alpha value is -3.52. The van der Waals surface area contributed by atoms with Crippen LogP contribution >= 0.6 is 0 Å². The van der Waals surface area contributed by atoms with Gasteiger partial charge in [0.15, 0.2) is 0 Å². The van der Waals surface area contributed by atoms with E-state index in [0.717, 1.165) is 36.0 Å². The Labute approximate surface area is 204 Å².